The van der Waals surface area contributed by atoms with Crippen LogP contribution in [0.2, 0.25) is 0 Å². The van der Waals surface area contributed by atoms with Gasteiger partial charge >= 0.3 is 0 Å². The summed E-state index contributed by atoms with van der Waals surface area (Å²) < 4.78 is 40.2. The highest BCUT2D eigenvalue weighted by atomic mass is 32.2. The van der Waals surface area contributed by atoms with Crippen LogP contribution in [-0.2, 0) is 16.1 Å². The summed E-state index contributed by atoms with van der Waals surface area (Å²) in [7, 11) is 0. The van der Waals surface area contributed by atoms with Gasteiger partial charge in [-0.3, -0.25) is 14.2 Å². The molecule has 2 aromatic carbocycles. The van der Waals surface area contributed by atoms with Crippen LogP contribution >= 0.6 is 11.8 Å². The number of carbonyl (C=O) groups is 1. The van der Waals surface area contributed by atoms with Crippen LogP contribution < -0.4 is 10.9 Å². The minimum Gasteiger partial charge on any atom is -0.448 e. The third-order valence-corrected chi connectivity index (χ3v) is 6.37. The number of para-hydroxylation sites is 1. The molecule has 1 aliphatic heterocycles. The van der Waals surface area contributed by atoms with Gasteiger partial charge in [0.25, 0.3) is 5.56 Å². The molecule has 0 aliphatic carbocycles. The van der Waals surface area contributed by atoms with E-state index in [0.29, 0.717) is 28.2 Å². The van der Waals surface area contributed by atoms with Crippen molar-refractivity contribution in [2.75, 3.05) is 17.7 Å². The first-order chi connectivity index (χ1) is 16.0. The number of benzene rings is 2. The van der Waals surface area contributed by atoms with E-state index in [1.807, 2.05) is 12.1 Å². The van der Waals surface area contributed by atoms with Crippen molar-refractivity contribution in [3.05, 3.63) is 64.5 Å². The topological polar surface area (TPSA) is 86.4 Å². The number of rotatable bonds is 6. The van der Waals surface area contributed by atoms with E-state index in [9.17, 15) is 18.4 Å². The number of carbonyl (C=O) groups excluding carboxylic acids is 1. The first-order valence-electron chi connectivity index (χ1n) is 10.4. The molecule has 0 bridgehead atoms. The Labute approximate surface area is 190 Å². The molecule has 7 nitrogen and oxygen atoms in total. The van der Waals surface area contributed by atoms with E-state index < -0.39 is 17.5 Å². The van der Waals surface area contributed by atoms with Gasteiger partial charge in [-0.05, 0) is 37.1 Å². The molecule has 0 spiro atoms. The molecule has 0 unspecified atom stereocenters. The van der Waals surface area contributed by atoms with Gasteiger partial charge in [0, 0.05) is 18.1 Å². The maximum absolute atomic E-state index is 13.9. The Morgan fingerprint density at radius 1 is 1.24 bits per heavy atom. The van der Waals surface area contributed by atoms with Gasteiger partial charge in [0.1, 0.15) is 22.7 Å². The highest BCUT2D eigenvalue weighted by Gasteiger charge is 2.23. The second-order valence-electron chi connectivity index (χ2n) is 7.68. The molecule has 1 aliphatic rings. The highest BCUT2D eigenvalue weighted by Crippen LogP contribution is 2.28. The number of anilines is 1. The molecule has 170 valence electrons. The zero-order valence-electron chi connectivity index (χ0n) is 17.3. The number of aromatic nitrogens is 2. The fraction of sp³-hybridized carbons (Fsp3) is 0.261. The zero-order valence-corrected chi connectivity index (χ0v) is 18.2. The lowest BCUT2D eigenvalue weighted by atomic mass is 10.2. The quantitative estimate of drug-likeness (QED) is 0.333. The maximum Gasteiger partial charge on any atom is 0.297 e. The van der Waals surface area contributed by atoms with Gasteiger partial charge in [-0.15, -0.1) is 0 Å². The number of ether oxygens (including phenoxy) is 1. The molecule has 1 atom stereocenters. The Hall–Kier alpha value is -3.24. The van der Waals surface area contributed by atoms with Crippen molar-refractivity contribution in [2.24, 2.45) is 0 Å². The third-order valence-electron chi connectivity index (χ3n) is 5.39. The first kappa shape index (κ1) is 21.6. The summed E-state index contributed by atoms with van der Waals surface area (Å²) in [4.78, 5) is 30.4. The van der Waals surface area contributed by atoms with Crippen molar-refractivity contribution in [3.8, 4) is 0 Å². The number of hydrogen-bond donors (Lipinski definition) is 1. The molecule has 0 radical (unpaired) electrons. The van der Waals surface area contributed by atoms with Gasteiger partial charge < -0.3 is 14.5 Å². The van der Waals surface area contributed by atoms with E-state index in [0.717, 1.165) is 42.8 Å². The van der Waals surface area contributed by atoms with Crippen LogP contribution in [0.15, 0.2) is 56.8 Å². The van der Waals surface area contributed by atoms with Crippen molar-refractivity contribution in [1.29, 1.82) is 0 Å². The number of halogens is 2. The smallest absolute Gasteiger partial charge is 0.297 e. The number of amides is 1. The normalized spacial score (nSPS) is 16.0. The SMILES string of the molecule is O=C(CSc1nc2c(oc3ccccc32)c(=O)n1C[C@H]1CCCO1)Nc1cc(F)ccc1F. The molecule has 4 aromatic rings. The number of nitrogens with one attached hydrogen (secondary N) is 1. The number of furan rings is 1. The Bertz CT molecular complexity index is 1410. The van der Waals surface area contributed by atoms with Crippen LogP contribution in [0.3, 0.4) is 0 Å². The predicted octanol–water partition coefficient (Wildman–Crippen LogP) is 4.33. The average molecular weight is 471 g/mol. The monoisotopic (exact) mass is 471 g/mol. The standard InChI is InChI=1S/C23H19F2N3O4S/c24-13-7-8-16(25)17(10-13)26-19(29)12-33-23-27-20-15-5-1-2-6-18(15)32-21(20)22(30)28(23)11-14-4-3-9-31-14/h1-2,5-8,10,14H,3-4,9,11-12H2,(H,26,29)/t14-/m1/s1. The lowest BCUT2D eigenvalue weighted by molar-refractivity contribution is -0.113. The van der Waals surface area contributed by atoms with E-state index >= 15 is 0 Å². The fourth-order valence-corrected chi connectivity index (χ4v) is 4.63. The average Bonchev–Trinajstić information content (AvgIpc) is 3.45. The van der Waals surface area contributed by atoms with Gasteiger partial charge in [0.15, 0.2) is 5.16 Å². The molecule has 5 rings (SSSR count). The van der Waals surface area contributed by atoms with Gasteiger partial charge in [-0.25, -0.2) is 13.8 Å². The largest absolute Gasteiger partial charge is 0.448 e. The Morgan fingerprint density at radius 3 is 2.91 bits per heavy atom. The zero-order chi connectivity index (χ0) is 22.9. The lowest BCUT2D eigenvalue weighted by Gasteiger charge is -2.15. The van der Waals surface area contributed by atoms with Crippen LogP contribution in [0.5, 0.6) is 0 Å². The Morgan fingerprint density at radius 2 is 2.09 bits per heavy atom. The van der Waals surface area contributed by atoms with Crippen molar-refractivity contribution in [3.63, 3.8) is 0 Å². The van der Waals surface area contributed by atoms with Crippen molar-refractivity contribution >= 4 is 45.4 Å². The van der Waals surface area contributed by atoms with E-state index in [2.05, 4.69) is 10.3 Å². The van der Waals surface area contributed by atoms with Gasteiger partial charge in [-0.2, -0.15) is 0 Å². The van der Waals surface area contributed by atoms with E-state index in [-0.39, 0.29) is 35.2 Å². The summed E-state index contributed by atoms with van der Waals surface area (Å²) in [6, 6.07) is 10.0. The third kappa shape index (κ3) is 4.36. The van der Waals surface area contributed by atoms with E-state index in [4.69, 9.17) is 9.15 Å². The van der Waals surface area contributed by atoms with Gasteiger partial charge in [0.2, 0.25) is 11.5 Å². The molecule has 1 saturated heterocycles. The van der Waals surface area contributed by atoms with Crippen LogP contribution in [0.4, 0.5) is 14.5 Å². The molecule has 0 saturated carbocycles. The van der Waals surface area contributed by atoms with Crippen molar-refractivity contribution in [1.82, 2.24) is 9.55 Å². The molecule has 33 heavy (non-hydrogen) atoms. The lowest BCUT2D eigenvalue weighted by Crippen LogP contribution is -2.29. The van der Waals surface area contributed by atoms with Crippen LogP contribution in [0.25, 0.3) is 22.1 Å². The molecular formula is C23H19F2N3O4S. The van der Waals surface area contributed by atoms with Crippen molar-refractivity contribution < 1.29 is 22.7 Å². The van der Waals surface area contributed by atoms with E-state index in [1.54, 1.807) is 12.1 Å². The fourth-order valence-electron chi connectivity index (χ4n) is 3.83. The van der Waals surface area contributed by atoms with Gasteiger partial charge in [-0.1, -0.05) is 23.9 Å². The number of thioether (sulfide) groups is 1. The highest BCUT2D eigenvalue weighted by molar-refractivity contribution is 7.99. The number of hydrogen-bond acceptors (Lipinski definition) is 6. The maximum atomic E-state index is 13.9. The molecule has 1 amide bonds. The van der Waals surface area contributed by atoms with E-state index in [1.165, 1.54) is 4.57 Å². The summed E-state index contributed by atoms with van der Waals surface area (Å²) in [5, 5.41) is 3.38. The van der Waals surface area contributed by atoms with Crippen LogP contribution in [0, 0.1) is 11.6 Å². The number of nitrogens with zero attached hydrogens (tertiary/aromatic N) is 2. The molecule has 1 fully saturated rings. The number of fused-ring (bicyclic) bond motifs is 3. The van der Waals surface area contributed by atoms with Crippen LogP contribution in [0.1, 0.15) is 12.8 Å². The second-order valence-corrected chi connectivity index (χ2v) is 8.62. The van der Waals surface area contributed by atoms with Crippen molar-refractivity contribution in [2.45, 2.75) is 30.6 Å². The Balaban J connectivity index is 1.47. The Kier molecular flexibility index (Phi) is 5.86. The molecule has 3 heterocycles. The molecular weight excluding hydrogens is 452 g/mol. The molecule has 2 aromatic heterocycles. The summed E-state index contributed by atoms with van der Waals surface area (Å²) in [5.41, 5.74) is 0.498. The molecule has 10 heteroatoms. The van der Waals surface area contributed by atoms with Crippen LogP contribution in [-0.4, -0.2) is 33.9 Å². The first-order valence-corrected chi connectivity index (χ1v) is 11.4. The minimum atomic E-state index is -0.741. The summed E-state index contributed by atoms with van der Waals surface area (Å²) in [6.07, 6.45) is 1.58. The second kappa shape index (κ2) is 8.95. The summed E-state index contributed by atoms with van der Waals surface area (Å²) in [5.74, 6) is -2.12. The molecule has 1 N–H and O–H groups in total. The predicted molar refractivity (Wildman–Crippen MR) is 120 cm³/mol. The summed E-state index contributed by atoms with van der Waals surface area (Å²) in [6.45, 7) is 0.908. The minimum absolute atomic E-state index is 0.138. The van der Waals surface area contributed by atoms with Gasteiger partial charge in [0.05, 0.1) is 24.1 Å². The summed E-state index contributed by atoms with van der Waals surface area (Å²) >= 11 is 1.04.